The van der Waals surface area contributed by atoms with E-state index in [0.717, 1.165) is 29.0 Å². The third-order valence-corrected chi connectivity index (χ3v) is 4.93. The second kappa shape index (κ2) is 8.44. The molecule has 0 aliphatic carbocycles. The van der Waals surface area contributed by atoms with Crippen LogP contribution >= 0.6 is 11.3 Å². The summed E-state index contributed by atoms with van der Waals surface area (Å²) in [5.41, 5.74) is 0.840. The monoisotopic (exact) mass is 419 g/mol. The fourth-order valence-corrected chi connectivity index (χ4v) is 3.38. The fraction of sp³-hybridized carbons (Fsp3) is 0.150. The Kier molecular flexibility index (Phi) is 5.97. The van der Waals surface area contributed by atoms with Gasteiger partial charge in [0.05, 0.1) is 5.56 Å². The Labute approximate surface area is 168 Å². The zero-order valence-electron chi connectivity index (χ0n) is 15.2. The van der Waals surface area contributed by atoms with Crippen molar-refractivity contribution in [3.05, 3.63) is 76.3 Å². The van der Waals surface area contributed by atoms with Crippen molar-refractivity contribution in [1.82, 2.24) is 15.6 Å². The van der Waals surface area contributed by atoms with Gasteiger partial charge in [-0.2, -0.15) is 13.2 Å². The quantitative estimate of drug-likeness (QED) is 0.654. The number of rotatable bonds is 5. The number of hydrogen-bond donors (Lipinski definition) is 2. The number of halogens is 3. The number of carbonyl (C=O) groups is 2. The zero-order chi connectivity index (χ0) is 21.0. The first-order chi connectivity index (χ1) is 13.8. The predicted octanol–water partition coefficient (Wildman–Crippen LogP) is 4.12. The number of benzene rings is 2. The van der Waals surface area contributed by atoms with Crippen LogP contribution in [-0.2, 0) is 12.7 Å². The summed E-state index contributed by atoms with van der Waals surface area (Å²) in [6.07, 6.45) is -4.45. The molecule has 1 heterocycles. The van der Waals surface area contributed by atoms with Gasteiger partial charge in [0.2, 0.25) is 0 Å². The van der Waals surface area contributed by atoms with Gasteiger partial charge in [0.1, 0.15) is 10.7 Å². The Bertz CT molecular complexity index is 1050. The molecule has 29 heavy (non-hydrogen) atoms. The Morgan fingerprint density at radius 1 is 1.07 bits per heavy atom. The van der Waals surface area contributed by atoms with Gasteiger partial charge in [0.25, 0.3) is 11.8 Å². The first kappa shape index (κ1) is 20.5. The lowest BCUT2D eigenvalue weighted by atomic mass is 10.1. The minimum Gasteiger partial charge on any atom is -0.355 e. The van der Waals surface area contributed by atoms with Crippen molar-refractivity contribution < 1.29 is 22.8 Å². The topological polar surface area (TPSA) is 71.1 Å². The first-order valence-electron chi connectivity index (χ1n) is 8.50. The fourth-order valence-electron chi connectivity index (χ4n) is 2.58. The molecule has 0 aliphatic heterocycles. The third kappa shape index (κ3) is 5.00. The number of amides is 2. The second-order valence-corrected chi connectivity index (χ2v) is 6.94. The Morgan fingerprint density at radius 3 is 2.55 bits per heavy atom. The highest BCUT2D eigenvalue weighted by Crippen LogP contribution is 2.33. The van der Waals surface area contributed by atoms with Crippen molar-refractivity contribution >= 4 is 23.2 Å². The summed E-state index contributed by atoms with van der Waals surface area (Å²) in [6.45, 7) is 0.181. The SMILES string of the molecule is CNC(=O)c1cccc(CNC(=O)c2csc(-c3cccc(C(F)(F)F)c3)n2)c1. The van der Waals surface area contributed by atoms with Gasteiger partial charge in [-0.15, -0.1) is 11.3 Å². The van der Waals surface area contributed by atoms with Crippen LogP contribution in [0, 0.1) is 0 Å². The molecule has 2 aromatic carbocycles. The Balaban J connectivity index is 1.70. The molecule has 0 bridgehead atoms. The smallest absolute Gasteiger partial charge is 0.355 e. The van der Waals surface area contributed by atoms with Crippen molar-refractivity contribution in [1.29, 1.82) is 0 Å². The van der Waals surface area contributed by atoms with Gasteiger partial charge in [-0.05, 0) is 29.8 Å². The molecule has 0 saturated carbocycles. The molecule has 9 heteroatoms. The second-order valence-electron chi connectivity index (χ2n) is 6.08. The summed E-state index contributed by atoms with van der Waals surface area (Å²) in [5.74, 6) is -0.687. The van der Waals surface area contributed by atoms with Gasteiger partial charge in [-0.25, -0.2) is 4.98 Å². The minimum atomic E-state index is -4.45. The molecule has 2 N–H and O–H groups in total. The zero-order valence-corrected chi connectivity index (χ0v) is 16.0. The van der Waals surface area contributed by atoms with Crippen molar-refractivity contribution in [2.75, 3.05) is 7.05 Å². The molecular formula is C20H16F3N3O2S. The summed E-state index contributed by atoms with van der Waals surface area (Å²) in [5, 5.41) is 7.03. The molecule has 5 nitrogen and oxygen atoms in total. The van der Waals surface area contributed by atoms with Gasteiger partial charge in [-0.3, -0.25) is 9.59 Å². The summed E-state index contributed by atoms with van der Waals surface area (Å²) in [6, 6.07) is 11.6. The summed E-state index contributed by atoms with van der Waals surface area (Å²) in [4.78, 5) is 28.2. The number of hydrogen-bond acceptors (Lipinski definition) is 4. The number of nitrogens with one attached hydrogen (secondary N) is 2. The number of thiazole rings is 1. The summed E-state index contributed by atoms with van der Waals surface area (Å²) >= 11 is 1.09. The van der Waals surface area contributed by atoms with E-state index in [2.05, 4.69) is 15.6 Å². The number of nitrogens with zero attached hydrogens (tertiary/aromatic N) is 1. The highest BCUT2D eigenvalue weighted by molar-refractivity contribution is 7.13. The predicted molar refractivity (Wildman–Crippen MR) is 104 cm³/mol. The molecule has 0 aliphatic rings. The van der Waals surface area contributed by atoms with E-state index in [4.69, 9.17) is 0 Å². The molecule has 0 unspecified atom stereocenters. The van der Waals surface area contributed by atoms with Gasteiger partial charge >= 0.3 is 6.18 Å². The van der Waals surface area contributed by atoms with E-state index in [0.29, 0.717) is 16.1 Å². The van der Waals surface area contributed by atoms with E-state index in [1.165, 1.54) is 24.6 Å². The van der Waals surface area contributed by atoms with E-state index in [1.54, 1.807) is 24.3 Å². The van der Waals surface area contributed by atoms with E-state index >= 15 is 0 Å². The first-order valence-corrected chi connectivity index (χ1v) is 9.38. The molecule has 3 rings (SSSR count). The minimum absolute atomic E-state index is 0.116. The standard InChI is InChI=1S/C20H16F3N3O2S/c1-24-17(27)13-5-2-4-12(8-13)10-25-18(28)16-11-29-19(26-16)14-6-3-7-15(9-14)20(21,22)23/h2-9,11H,10H2,1H3,(H,24,27)(H,25,28). The Morgan fingerprint density at radius 2 is 1.83 bits per heavy atom. The molecule has 0 saturated heterocycles. The van der Waals surface area contributed by atoms with Crippen LogP contribution in [0.1, 0.15) is 32.0 Å². The lowest BCUT2D eigenvalue weighted by molar-refractivity contribution is -0.137. The average molecular weight is 419 g/mol. The van der Waals surface area contributed by atoms with Gasteiger partial charge < -0.3 is 10.6 Å². The lowest BCUT2D eigenvalue weighted by Crippen LogP contribution is -2.23. The normalized spacial score (nSPS) is 11.2. The van der Waals surface area contributed by atoms with E-state index in [9.17, 15) is 22.8 Å². The molecule has 0 radical (unpaired) electrons. The molecule has 0 fully saturated rings. The van der Waals surface area contributed by atoms with Crippen LogP contribution in [0.3, 0.4) is 0 Å². The number of aromatic nitrogens is 1. The molecule has 2 amide bonds. The van der Waals surface area contributed by atoms with Crippen LogP contribution in [0.5, 0.6) is 0 Å². The van der Waals surface area contributed by atoms with Gasteiger partial charge in [0.15, 0.2) is 0 Å². The molecule has 1 aromatic heterocycles. The van der Waals surface area contributed by atoms with Crippen LogP contribution in [0.25, 0.3) is 10.6 Å². The van der Waals surface area contributed by atoms with Crippen molar-refractivity contribution in [3.8, 4) is 10.6 Å². The molecule has 150 valence electrons. The maximum absolute atomic E-state index is 12.9. The van der Waals surface area contributed by atoms with Gasteiger partial charge in [0, 0.05) is 30.1 Å². The highest BCUT2D eigenvalue weighted by Gasteiger charge is 2.30. The van der Waals surface area contributed by atoms with Crippen molar-refractivity contribution in [2.45, 2.75) is 12.7 Å². The molecule has 0 atom stereocenters. The average Bonchev–Trinajstić information content (AvgIpc) is 3.21. The molecule has 0 spiro atoms. The summed E-state index contributed by atoms with van der Waals surface area (Å²) in [7, 11) is 1.53. The van der Waals surface area contributed by atoms with E-state index < -0.39 is 17.6 Å². The number of alkyl halides is 3. The van der Waals surface area contributed by atoms with E-state index in [-0.39, 0.29) is 18.1 Å². The maximum atomic E-state index is 12.9. The highest BCUT2D eigenvalue weighted by atomic mass is 32.1. The summed E-state index contributed by atoms with van der Waals surface area (Å²) < 4.78 is 38.6. The molecule has 3 aromatic rings. The third-order valence-electron chi connectivity index (χ3n) is 4.04. The largest absolute Gasteiger partial charge is 0.416 e. The lowest BCUT2D eigenvalue weighted by Gasteiger charge is -2.07. The van der Waals surface area contributed by atoms with Crippen molar-refractivity contribution in [3.63, 3.8) is 0 Å². The van der Waals surface area contributed by atoms with Crippen molar-refractivity contribution in [2.24, 2.45) is 0 Å². The van der Waals surface area contributed by atoms with Crippen LogP contribution < -0.4 is 10.6 Å². The van der Waals surface area contributed by atoms with Crippen LogP contribution in [0.2, 0.25) is 0 Å². The Hall–Kier alpha value is -3.20. The van der Waals surface area contributed by atoms with Crippen LogP contribution in [0.4, 0.5) is 13.2 Å². The van der Waals surface area contributed by atoms with Crippen LogP contribution in [0.15, 0.2) is 53.9 Å². The van der Waals surface area contributed by atoms with E-state index in [1.807, 2.05) is 0 Å². The molecular weight excluding hydrogens is 403 g/mol. The number of carbonyl (C=O) groups excluding carboxylic acids is 2. The maximum Gasteiger partial charge on any atom is 0.416 e. The van der Waals surface area contributed by atoms with Crippen LogP contribution in [-0.4, -0.2) is 23.8 Å². The van der Waals surface area contributed by atoms with Gasteiger partial charge in [-0.1, -0.05) is 24.3 Å².